The molecule has 2 N–H and O–H groups in total. The van der Waals surface area contributed by atoms with Gasteiger partial charge in [-0.05, 0) is 12.1 Å². The summed E-state index contributed by atoms with van der Waals surface area (Å²) in [5.41, 5.74) is 1.10. The molecule has 0 bridgehead atoms. The Balaban J connectivity index is 2.82. The first kappa shape index (κ1) is 6.42. The van der Waals surface area contributed by atoms with E-state index in [2.05, 4.69) is 15.0 Å². The van der Waals surface area contributed by atoms with Gasteiger partial charge in [0.25, 0.3) is 6.01 Å². The molecule has 2 aromatic heterocycles. The van der Waals surface area contributed by atoms with E-state index >= 15 is 0 Å². The van der Waals surface area contributed by atoms with E-state index in [1.165, 1.54) is 0 Å². The number of hydrogen-bond acceptors (Lipinski definition) is 3. The van der Waals surface area contributed by atoms with Crippen LogP contribution in [0.1, 0.15) is 0 Å². The highest BCUT2D eigenvalue weighted by Gasteiger charge is 2.01. The Morgan fingerprint density at radius 3 is 3.00 bits per heavy atom. The maximum Gasteiger partial charge on any atom is 0.293 e. The minimum absolute atomic E-state index is 0.144. The number of nitrogens with zero attached hydrogens (tertiary/aromatic N) is 2. The summed E-state index contributed by atoms with van der Waals surface area (Å²) in [4.78, 5) is 10.1. The Hall–Kier alpha value is -1.29. The highest BCUT2D eigenvalue weighted by Crippen LogP contribution is 2.14. The predicted octanol–water partition coefficient (Wildman–Crippen LogP) is 1.32. The van der Waals surface area contributed by atoms with Crippen molar-refractivity contribution < 1.29 is 5.11 Å². The number of aromatic hydroxyl groups is 1. The van der Waals surface area contributed by atoms with Crippen LogP contribution in [-0.4, -0.2) is 20.1 Å². The van der Waals surface area contributed by atoms with Crippen LogP contribution in [0.4, 0.5) is 0 Å². The highest BCUT2D eigenvalue weighted by atomic mass is 35.5. The van der Waals surface area contributed by atoms with Crippen molar-refractivity contribution in [2.75, 3.05) is 0 Å². The summed E-state index contributed by atoms with van der Waals surface area (Å²) in [6.07, 6.45) is 0. The molecule has 0 saturated heterocycles. The van der Waals surface area contributed by atoms with Gasteiger partial charge in [-0.3, -0.25) is 0 Å². The third-order valence-electron chi connectivity index (χ3n) is 1.30. The molecule has 0 spiro atoms. The minimum atomic E-state index is -0.144. The van der Waals surface area contributed by atoms with Gasteiger partial charge < -0.3 is 10.1 Å². The van der Waals surface area contributed by atoms with E-state index in [1.54, 1.807) is 12.1 Å². The second kappa shape index (κ2) is 2.10. The quantitative estimate of drug-likeness (QED) is 0.585. The van der Waals surface area contributed by atoms with Crippen molar-refractivity contribution in [2.24, 2.45) is 0 Å². The first-order chi connectivity index (χ1) is 5.25. The van der Waals surface area contributed by atoms with Gasteiger partial charge in [-0.25, -0.2) is 4.98 Å². The molecule has 56 valence electrons. The van der Waals surface area contributed by atoms with Crippen molar-refractivity contribution in [2.45, 2.75) is 0 Å². The van der Waals surface area contributed by atoms with Gasteiger partial charge in [-0.1, -0.05) is 11.6 Å². The maximum absolute atomic E-state index is 8.90. The second-order valence-corrected chi connectivity index (χ2v) is 2.45. The standard InChI is InChI=1S/C6H4ClN3O/c7-4-2-1-3-5(9-4)10-6(11)8-3/h1-2H,(H2,8,9,10,11). The summed E-state index contributed by atoms with van der Waals surface area (Å²) in [6.45, 7) is 0. The molecule has 2 heterocycles. The molecule has 0 aliphatic carbocycles. The first-order valence-corrected chi connectivity index (χ1v) is 3.35. The van der Waals surface area contributed by atoms with Crippen molar-refractivity contribution in [1.82, 2.24) is 15.0 Å². The van der Waals surface area contributed by atoms with Gasteiger partial charge >= 0.3 is 0 Å². The molecule has 4 nitrogen and oxygen atoms in total. The molecule has 0 amide bonds. The summed E-state index contributed by atoms with van der Waals surface area (Å²) >= 11 is 5.58. The smallest absolute Gasteiger partial charge is 0.293 e. The number of halogens is 1. The van der Waals surface area contributed by atoms with Crippen LogP contribution >= 0.6 is 11.6 Å². The highest BCUT2D eigenvalue weighted by molar-refractivity contribution is 6.29. The van der Waals surface area contributed by atoms with Gasteiger partial charge in [0.2, 0.25) is 0 Å². The number of H-pyrrole nitrogens is 1. The lowest BCUT2D eigenvalue weighted by atomic mass is 10.4. The van der Waals surface area contributed by atoms with Crippen molar-refractivity contribution in [3.63, 3.8) is 0 Å². The van der Waals surface area contributed by atoms with Crippen LogP contribution in [0.2, 0.25) is 5.15 Å². The predicted molar refractivity (Wildman–Crippen MR) is 40.6 cm³/mol. The third kappa shape index (κ3) is 1.01. The maximum atomic E-state index is 8.90. The molecule has 0 fully saturated rings. The number of imidazole rings is 1. The summed E-state index contributed by atoms with van der Waals surface area (Å²) < 4.78 is 0. The zero-order valence-electron chi connectivity index (χ0n) is 5.37. The number of aromatic amines is 1. The van der Waals surface area contributed by atoms with Gasteiger partial charge in [-0.15, -0.1) is 0 Å². The Morgan fingerprint density at radius 1 is 1.36 bits per heavy atom. The van der Waals surface area contributed by atoms with Crippen molar-refractivity contribution in [3.05, 3.63) is 17.3 Å². The number of nitrogens with one attached hydrogen (secondary N) is 1. The van der Waals surface area contributed by atoms with Gasteiger partial charge in [0.15, 0.2) is 5.65 Å². The van der Waals surface area contributed by atoms with E-state index in [0.29, 0.717) is 16.3 Å². The van der Waals surface area contributed by atoms with Crippen LogP contribution in [0.15, 0.2) is 12.1 Å². The molecule has 0 saturated carbocycles. The number of hydrogen-bond donors (Lipinski definition) is 2. The molecule has 0 aliphatic rings. The first-order valence-electron chi connectivity index (χ1n) is 2.97. The molecule has 2 rings (SSSR count). The van der Waals surface area contributed by atoms with E-state index in [9.17, 15) is 0 Å². The summed E-state index contributed by atoms with van der Waals surface area (Å²) in [5, 5.41) is 9.26. The van der Waals surface area contributed by atoms with Crippen LogP contribution in [0, 0.1) is 0 Å². The monoisotopic (exact) mass is 169 g/mol. The fourth-order valence-corrected chi connectivity index (χ4v) is 1.000. The summed E-state index contributed by atoms with van der Waals surface area (Å²) in [7, 11) is 0. The SMILES string of the molecule is Oc1nc2nc(Cl)ccc2[nH]1. The molecule has 0 unspecified atom stereocenters. The second-order valence-electron chi connectivity index (χ2n) is 2.07. The van der Waals surface area contributed by atoms with Crippen LogP contribution in [0.5, 0.6) is 6.01 Å². The van der Waals surface area contributed by atoms with Crippen LogP contribution < -0.4 is 0 Å². The fourth-order valence-electron chi connectivity index (χ4n) is 0.857. The van der Waals surface area contributed by atoms with Gasteiger partial charge in [0.1, 0.15) is 5.15 Å². The average molecular weight is 170 g/mol. The molecule has 0 aromatic carbocycles. The zero-order chi connectivity index (χ0) is 7.84. The molecule has 0 aliphatic heterocycles. The summed E-state index contributed by atoms with van der Waals surface area (Å²) in [5.74, 6) is 0. The Bertz CT molecular complexity index is 398. The average Bonchev–Trinajstić information content (AvgIpc) is 2.27. The lowest BCUT2D eigenvalue weighted by molar-refractivity contribution is 0.438. The minimum Gasteiger partial charge on any atom is -0.480 e. The van der Waals surface area contributed by atoms with E-state index in [0.717, 1.165) is 0 Å². The lowest BCUT2D eigenvalue weighted by Crippen LogP contribution is -1.75. The Morgan fingerprint density at radius 2 is 2.18 bits per heavy atom. The van der Waals surface area contributed by atoms with E-state index in [1.807, 2.05) is 0 Å². The van der Waals surface area contributed by atoms with Gasteiger partial charge in [0, 0.05) is 0 Å². The zero-order valence-corrected chi connectivity index (χ0v) is 6.13. The van der Waals surface area contributed by atoms with Crippen molar-refractivity contribution >= 4 is 22.8 Å². The van der Waals surface area contributed by atoms with Crippen molar-refractivity contribution in [1.29, 1.82) is 0 Å². The Labute approximate surface area is 66.9 Å². The molecular formula is C6H4ClN3O. The normalized spacial score (nSPS) is 10.6. The molecule has 0 radical (unpaired) electrons. The van der Waals surface area contributed by atoms with Gasteiger partial charge in [0.05, 0.1) is 5.52 Å². The number of pyridine rings is 1. The molecule has 5 heteroatoms. The van der Waals surface area contributed by atoms with Crippen LogP contribution in [-0.2, 0) is 0 Å². The third-order valence-corrected chi connectivity index (χ3v) is 1.51. The van der Waals surface area contributed by atoms with E-state index < -0.39 is 0 Å². The Kier molecular flexibility index (Phi) is 1.22. The number of fused-ring (bicyclic) bond motifs is 1. The molecule has 11 heavy (non-hydrogen) atoms. The summed E-state index contributed by atoms with van der Waals surface area (Å²) in [6, 6.07) is 3.19. The van der Waals surface area contributed by atoms with E-state index in [-0.39, 0.29) is 6.01 Å². The topological polar surface area (TPSA) is 61.8 Å². The fraction of sp³-hybridized carbons (Fsp3) is 0. The molecule has 2 aromatic rings. The van der Waals surface area contributed by atoms with Crippen molar-refractivity contribution in [3.8, 4) is 6.01 Å². The number of aromatic nitrogens is 3. The molecule has 0 atom stereocenters. The van der Waals surface area contributed by atoms with Crippen LogP contribution in [0.25, 0.3) is 11.2 Å². The molecular weight excluding hydrogens is 166 g/mol. The number of rotatable bonds is 0. The lowest BCUT2D eigenvalue weighted by Gasteiger charge is -1.85. The van der Waals surface area contributed by atoms with Crippen LogP contribution in [0.3, 0.4) is 0 Å². The largest absolute Gasteiger partial charge is 0.480 e. The van der Waals surface area contributed by atoms with Gasteiger partial charge in [-0.2, -0.15) is 4.98 Å². The van der Waals surface area contributed by atoms with E-state index in [4.69, 9.17) is 16.7 Å².